The molecule has 2 N–H and O–H groups in total. The number of carboxylic acid groups (broad SMARTS) is 1. The average Bonchev–Trinajstić information content (AvgIpc) is 2.33. The van der Waals surface area contributed by atoms with Crippen molar-refractivity contribution in [2.45, 2.75) is 0 Å². The summed E-state index contributed by atoms with van der Waals surface area (Å²) in [4.78, 5) is 14.5. The Balaban J connectivity index is 2.28. The predicted molar refractivity (Wildman–Crippen MR) is 68.6 cm³/mol. The van der Waals surface area contributed by atoms with Crippen LogP contribution in [0.4, 0.5) is 15.8 Å². The van der Waals surface area contributed by atoms with Crippen molar-refractivity contribution >= 4 is 33.3 Å². The Bertz CT molecular complexity index is 604. The molecule has 0 radical (unpaired) electrons. The highest BCUT2D eigenvalue weighted by atomic mass is 79.9. The average molecular weight is 311 g/mol. The lowest BCUT2D eigenvalue weighted by molar-refractivity contribution is 0.0690. The zero-order valence-corrected chi connectivity index (χ0v) is 10.6. The van der Waals surface area contributed by atoms with Gasteiger partial charge in [0.1, 0.15) is 11.5 Å². The molecule has 18 heavy (non-hydrogen) atoms. The maximum Gasteiger partial charge on any atom is 0.354 e. The molecule has 0 aliphatic rings. The van der Waals surface area contributed by atoms with Gasteiger partial charge in [0, 0.05) is 16.4 Å². The van der Waals surface area contributed by atoms with Crippen LogP contribution in [0.25, 0.3) is 0 Å². The Morgan fingerprint density at radius 2 is 2.11 bits per heavy atom. The van der Waals surface area contributed by atoms with Crippen LogP contribution in [0, 0.1) is 5.82 Å². The van der Waals surface area contributed by atoms with Gasteiger partial charge in [0.15, 0.2) is 0 Å². The lowest BCUT2D eigenvalue weighted by Gasteiger charge is -2.08. The minimum atomic E-state index is -1.10. The van der Waals surface area contributed by atoms with E-state index >= 15 is 0 Å². The van der Waals surface area contributed by atoms with Gasteiger partial charge in [0.2, 0.25) is 0 Å². The van der Waals surface area contributed by atoms with Crippen molar-refractivity contribution < 1.29 is 14.3 Å². The second-order valence-electron chi connectivity index (χ2n) is 3.48. The minimum Gasteiger partial charge on any atom is -0.477 e. The first-order chi connectivity index (χ1) is 8.56. The molecule has 0 aliphatic carbocycles. The molecular weight excluding hydrogens is 303 g/mol. The molecule has 0 atom stereocenters. The molecule has 0 bridgehead atoms. The van der Waals surface area contributed by atoms with Crippen LogP contribution in [0.15, 0.2) is 41.0 Å². The Hall–Kier alpha value is -1.95. The molecule has 1 heterocycles. The number of nitrogens with zero attached hydrogens (tertiary/aromatic N) is 1. The van der Waals surface area contributed by atoms with E-state index < -0.39 is 5.97 Å². The van der Waals surface area contributed by atoms with E-state index in [0.29, 0.717) is 15.8 Å². The van der Waals surface area contributed by atoms with Crippen LogP contribution in [0.1, 0.15) is 10.5 Å². The van der Waals surface area contributed by atoms with Gasteiger partial charge in [-0.25, -0.2) is 14.2 Å². The van der Waals surface area contributed by atoms with Gasteiger partial charge in [-0.15, -0.1) is 0 Å². The van der Waals surface area contributed by atoms with Gasteiger partial charge in [-0.2, -0.15) is 0 Å². The predicted octanol–water partition coefficient (Wildman–Crippen LogP) is 3.43. The van der Waals surface area contributed by atoms with Gasteiger partial charge in [0.25, 0.3) is 0 Å². The van der Waals surface area contributed by atoms with Crippen LogP contribution in [0.3, 0.4) is 0 Å². The van der Waals surface area contributed by atoms with Crippen molar-refractivity contribution in [3.8, 4) is 0 Å². The molecular formula is C12H8BrFN2O2. The largest absolute Gasteiger partial charge is 0.477 e. The Labute approximate surface area is 111 Å². The summed E-state index contributed by atoms with van der Waals surface area (Å²) in [6.07, 6.45) is 1.39. The van der Waals surface area contributed by atoms with E-state index in [1.54, 1.807) is 12.1 Å². The quantitative estimate of drug-likeness (QED) is 0.911. The second kappa shape index (κ2) is 5.14. The number of hydrogen-bond donors (Lipinski definition) is 2. The zero-order valence-electron chi connectivity index (χ0n) is 9.02. The number of carbonyl (C=O) groups is 1. The van der Waals surface area contributed by atoms with Crippen LogP contribution in [-0.4, -0.2) is 16.1 Å². The molecule has 0 fully saturated rings. The first kappa shape index (κ1) is 12.5. The van der Waals surface area contributed by atoms with Gasteiger partial charge in [-0.3, -0.25) is 0 Å². The first-order valence-corrected chi connectivity index (χ1v) is 5.77. The molecule has 0 unspecified atom stereocenters. The number of nitrogens with one attached hydrogen (secondary N) is 1. The van der Waals surface area contributed by atoms with Gasteiger partial charge in [-0.1, -0.05) is 0 Å². The molecule has 92 valence electrons. The molecule has 2 rings (SSSR count). The summed E-state index contributed by atoms with van der Waals surface area (Å²) in [5.74, 6) is -1.45. The molecule has 0 amide bonds. The molecule has 0 saturated heterocycles. The lowest BCUT2D eigenvalue weighted by Crippen LogP contribution is -2.01. The Kier molecular flexibility index (Phi) is 3.57. The van der Waals surface area contributed by atoms with Gasteiger partial charge in [0.05, 0.1) is 5.69 Å². The van der Waals surface area contributed by atoms with Crippen LogP contribution in [-0.2, 0) is 0 Å². The number of hydrogen-bond acceptors (Lipinski definition) is 3. The number of anilines is 2. The van der Waals surface area contributed by atoms with Crippen LogP contribution < -0.4 is 5.32 Å². The molecule has 2 aromatic rings. The Morgan fingerprint density at radius 3 is 2.78 bits per heavy atom. The third kappa shape index (κ3) is 2.84. The molecule has 0 spiro atoms. The molecule has 1 aromatic heterocycles. The van der Waals surface area contributed by atoms with E-state index in [9.17, 15) is 9.18 Å². The molecule has 1 aromatic carbocycles. The fourth-order valence-corrected chi connectivity index (χ4v) is 1.82. The highest BCUT2D eigenvalue weighted by Crippen LogP contribution is 2.26. The number of aromatic nitrogens is 1. The molecule has 0 saturated carbocycles. The summed E-state index contributed by atoms with van der Waals surface area (Å²) in [7, 11) is 0. The smallest absolute Gasteiger partial charge is 0.354 e. The number of pyridine rings is 1. The number of rotatable bonds is 3. The van der Waals surface area contributed by atoms with Crippen molar-refractivity contribution in [1.82, 2.24) is 4.98 Å². The zero-order chi connectivity index (χ0) is 13.1. The summed E-state index contributed by atoms with van der Waals surface area (Å²) >= 11 is 3.22. The number of carboxylic acids is 1. The van der Waals surface area contributed by atoms with Gasteiger partial charge in [-0.05, 0) is 46.3 Å². The van der Waals surface area contributed by atoms with E-state index in [4.69, 9.17) is 5.11 Å². The molecule has 4 nitrogen and oxygen atoms in total. The lowest BCUT2D eigenvalue weighted by atomic mass is 10.2. The van der Waals surface area contributed by atoms with E-state index in [1.807, 2.05) is 0 Å². The highest BCUT2D eigenvalue weighted by molar-refractivity contribution is 9.10. The maximum atomic E-state index is 12.9. The fourth-order valence-electron chi connectivity index (χ4n) is 1.37. The summed E-state index contributed by atoms with van der Waals surface area (Å²) in [5, 5.41) is 11.8. The maximum absolute atomic E-state index is 12.9. The summed E-state index contributed by atoms with van der Waals surface area (Å²) in [6.45, 7) is 0. The van der Waals surface area contributed by atoms with Crippen molar-refractivity contribution in [1.29, 1.82) is 0 Å². The van der Waals surface area contributed by atoms with E-state index in [2.05, 4.69) is 26.2 Å². The summed E-state index contributed by atoms with van der Waals surface area (Å²) in [5.41, 5.74) is 1.15. The minimum absolute atomic E-state index is 0.0572. The van der Waals surface area contributed by atoms with Gasteiger partial charge >= 0.3 is 5.97 Å². The Morgan fingerprint density at radius 1 is 1.33 bits per heavy atom. The molecule has 6 heteroatoms. The fraction of sp³-hybridized carbons (Fsp3) is 0. The van der Waals surface area contributed by atoms with Crippen LogP contribution >= 0.6 is 15.9 Å². The summed E-state index contributed by atoms with van der Waals surface area (Å²) in [6, 6.07) is 7.22. The van der Waals surface area contributed by atoms with E-state index in [1.165, 1.54) is 24.4 Å². The van der Waals surface area contributed by atoms with E-state index in [0.717, 1.165) is 0 Å². The van der Waals surface area contributed by atoms with Crippen LogP contribution in [0.2, 0.25) is 0 Å². The first-order valence-electron chi connectivity index (χ1n) is 4.97. The third-order valence-electron chi connectivity index (χ3n) is 2.19. The highest BCUT2D eigenvalue weighted by Gasteiger charge is 2.06. The standard InChI is InChI=1S/C12H8BrFN2O2/c13-9-5-7(14)1-2-10(9)16-8-3-4-15-11(6-8)12(17)18/h1-6H,(H,15,16)(H,17,18). The SMILES string of the molecule is O=C(O)c1cc(Nc2ccc(F)cc2Br)ccn1. The second-order valence-corrected chi connectivity index (χ2v) is 4.34. The number of aromatic carboxylic acids is 1. The van der Waals surface area contributed by atoms with Crippen molar-refractivity contribution in [2.75, 3.05) is 5.32 Å². The van der Waals surface area contributed by atoms with Gasteiger partial charge < -0.3 is 10.4 Å². The number of benzene rings is 1. The third-order valence-corrected chi connectivity index (χ3v) is 2.85. The topological polar surface area (TPSA) is 62.2 Å². The van der Waals surface area contributed by atoms with Crippen LogP contribution in [0.5, 0.6) is 0 Å². The van der Waals surface area contributed by atoms with Crippen molar-refractivity contribution in [3.05, 3.63) is 52.5 Å². The van der Waals surface area contributed by atoms with Crippen molar-refractivity contribution in [3.63, 3.8) is 0 Å². The molecule has 0 aliphatic heterocycles. The van der Waals surface area contributed by atoms with E-state index in [-0.39, 0.29) is 11.5 Å². The monoisotopic (exact) mass is 310 g/mol. The van der Waals surface area contributed by atoms with Crippen molar-refractivity contribution in [2.24, 2.45) is 0 Å². The normalized spacial score (nSPS) is 10.1. The number of halogens is 2. The summed E-state index contributed by atoms with van der Waals surface area (Å²) < 4.78 is 13.5.